The third kappa shape index (κ3) is 1.17. The number of hydrogen-bond donors (Lipinski definition) is 0. The minimum Gasteiger partial charge on any atom is -0.459 e. The molecule has 4 atom stereocenters. The molecular weight excluding hydrogens is 184 g/mol. The van der Waals surface area contributed by atoms with Gasteiger partial charge in [0.25, 0.3) is 0 Å². The molecule has 0 N–H and O–H groups in total. The summed E-state index contributed by atoms with van der Waals surface area (Å²) in [5, 5.41) is 0. The highest BCUT2D eigenvalue weighted by atomic mass is 16.7. The highest BCUT2D eigenvalue weighted by molar-refractivity contribution is 5.72. The molecule has 3 rings (SSSR count). The van der Waals surface area contributed by atoms with E-state index in [0.29, 0.717) is 12.8 Å². The second-order valence-corrected chi connectivity index (χ2v) is 4.47. The Hall–Kier alpha value is -0.610. The zero-order chi connectivity index (χ0) is 9.76. The maximum absolute atomic E-state index is 11.0. The average Bonchev–Trinajstić information content (AvgIpc) is 2.66. The molecule has 4 nitrogen and oxygen atoms in total. The maximum Gasteiger partial charge on any atom is 0.308 e. The fourth-order valence-corrected chi connectivity index (χ4v) is 2.65. The molecule has 1 spiro atoms. The van der Waals surface area contributed by atoms with Gasteiger partial charge in [-0.1, -0.05) is 0 Å². The maximum atomic E-state index is 11.0. The number of hydrogen-bond acceptors (Lipinski definition) is 4. The summed E-state index contributed by atoms with van der Waals surface area (Å²) in [5.74, 6) is -0.573. The van der Waals surface area contributed by atoms with Crippen LogP contribution < -0.4 is 0 Å². The molecule has 0 bridgehead atoms. The molecule has 0 aromatic carbocycles. The molecule has 0 radical (unpaired) electrons. The van der Waals surface area contributed by atoms with Gasteiger partial charge in [-0.25, -0.2) is 0 Å². The summed E-state index contributed by atoms with van der Waals surface area (Å²) >= 11 is 0. The van der Waals surface area contributed by atoms with Crippen LogP contribution in [0.25, 0.3) is 0 Å². The number of rotatable bonds is 0. The summed E-state index contributed by atoms with van der Waals surface area (Å²) in [6, 6.07) is 0. The van der Waals surface area contributed by atoms with E-state index in [1.54, 1.807) is 0 Å². The van der Waals surface area contributed by atoms with Crippen LogP contribution in [0.2, 0.25) is 0 Å². The molecule has 78 valence electrons. The van der Waals surface area contributed by atoms with Crippen molar-refractivity contribution in [1.29, 1.82) is 0 Å². The third-order valence-electron chi connectivity index (χ3n) is 3.29. The summed E-state index contributed by atoms with van der Waals surface area (Å²) in [4.78, 5) is 11.0. The molecule has 0 aromatic heterocycles. The first-order chi connectivity index (χ1) is 6.67. The molecule has 3 saturated heterocycles. The van der Waals surface area contributed by atoms with E-state index < -0.39 is 5.79 Å². The van der Waals surface area contributed by atoms with Crippen molar-refractivity contribution in [2.75, 3.05) is 0 Å². The van der Waals surface area contributed by atoms with Crippen molar-refractivity contribution >= 4 is 5.97 Å². The summed E-state index contributed by atoms with van der Waals surface area (Å²) < 4.78 is 16.7. The van der Waals surface area contributed by atoms with Crippen LogP contribution in [0.1, 0.15) is 32.6 Å². The van der Waals surface area contributed by atoms with Crippen LogP contribution in [0.15, 0.2) is 0 Å². The number of esters is 1. The zero-order valence-corrected chi connectivity index (χ0v) is 8.19. The van der Waals surface area contributed by atoms with E-state index in [2.05, 4.69) is 6.92 Å². The molecule has 3 aliphatic heterocycles. The van der Waals surface area contributed by atoms with E-state index >= 15 is 0 Å². The van der Waals surface area contributed by atoms with Gasteiger partial charge in [-0.15, -0.1) is 0 Å². The van der Waals surface area contributed by atoms with Crippen molar-refractivity contribution in [2.45, 2.75) is 56.7 Å². The van der Waals surface area contributed by atoms with Crippen molar-refractivity contribution in [2.24, 2.45) is 0 Å². The smallest absolute Gasteiger partial charge is 0.308 e. The van der Waals surface area contributed by atoms with Gasteiger partial charge in [-0.2, -0.15) is 0 Å². The number of carbonyl (C=O) groups is 1. The van der Waals surface area contributed by atoms with Crippen LogP contribution >= 0.6 is 0 Å². The van der Waals surface area contributed by atoms with Crippen LogP contribution in [0, 0.1) is 0 Å². The van der Waals surface area contributed by atoms with Crippen LogP contribution in [-0.4, -0.2) is 30.1 Å². The van der Waals surface area contributed by atoms with E-state index in [4.69, 9.17) is 14.2 Å². The molecule has 3 fully saturated rings. The average molecular weight is 198 g/mol. The molecule has 0 unspecified atom stereocenters. The lowest BCUT2D eigenvalue weighted by Gasteiger charge is -2.23. The van der Waals surface area contributed by atoms with E-state index in [1.165, 1.54) is 0 Å². The summed E-state index contributed by atoms with van der Waals surface area (Å²) in [6.07, 6.45) is 3.22. The molecule has 14 heavy (non-hydrogen) atoms. The van der Waals surface area contributed by atoms with Gasteiger partial charge in [0.05, 0.1) is 12.5 Å². The van der Waals surface area contributed by atoms with Gasteiger partial charge in [0, 0.05) is 12.8 Å². The molecule has 0 aliphatic carbocycles. The second-order valence-electron chi connectivity index (χ2n) is 4.47. The summed E-state index contributed by atoms with van der Waals surface area (Å²) in [7, 11) is 0. The molecule has 3 heterocycles. The summed E-state index contributed by atoms with van der Waals surface area (Å²) in [5.41, 5.74) is 0. The van der Waals surface area contributed by atoms with Gasteiger partial charge < -0.3 is 14.2 Å². The Labute approximate surface area is 82.5 Å². The number of ether oxygens (including phenoxy) is 3. The number of fused-ring (bicyclic) bond motifs is 1. The molecule has 0 aromatic rings. The molecular formula is C10H14O4. The predicted octanol–water partition coefficient (Wildman–Crippen LogP) is 0.986. The fourth-order valence-electron chi connectivity index (χ4n) is 2.65. The van der Waals surface area contributed by atoms with Crippen molar-refractivity contribution in [1.82, 2.24) is 0 Å². The Kier molecular flexibility index (Phi) is 1.67. The van der Waals surface area contributed by atoms with Gasteiger partial charge in [0.15, 0.2) is 5.79 Å². The van der Waals surface area contributed by atoms with Crippen LogP contribution in [-0.2, 0) is 19.0 Å². The largest absolute Gasteiger partial charge is 0.459 e. The second kappa shape index (κ2) is 2.70. The predicted molar refractivity (Wildman–Crippen MR) is 46.5 cm³/mol. The first-order valence-electron chi connectivity index (χ1n) is 5.22. The van der Waals surface area contributed by atoms with Crippen LogP contribution in [0.5, 0.6) is 0 Å². The third-order valence-corrected chi connectivity index (χ3v) is 3.29. The molecule has 3 aliphatic rings. The van der Waals surface area contributed by atoms with Crippen molar-refractivity contribution in [3.05, 3.63) is 0 Å². The lowest BCUT2D eigenvalue weighted by molar-refractivity contribution is -0.213. The van der Waals surface area contributed by atoms with Crippen molar-refractivity contribution < 1.29 is 19.0 Å². The van der Waals surface area contributed by atoms with E-state index in [9.17, 15) is 4.79 Å². The lowest BCUT2D eigenvalue weighted by atomic mass is 10.1. The normalized spacial score (nSPS) is 51.2. The topological polar surface area (TPSA) is 44.8 Å². The Morgan fingerprint density at radius 1 is 1.36 bits per heavy atom. The van der Waals surface area contributed by atoms with E-state index in [1.807, 2.05) is 0 Å². The monoisotopic (exact) mass is 198 g/mol. The minimum atomic E-state index is -0.435. The minimum absolute atomic E-state index is 0.0622. The van der Waals surface area contributed by atoms with Crippen LogP contribution in [0.3, 0.4) is 0 Å². The van der Waals surface area contributed by atoms with Crippen LogP contribution in [0.4, 0.5) is 0 Å². The standard InChI is InChI=1S/C10H14O4/c1-6-2-3-10(13-6)5-8-7(14-10)4-9(11)12-8/h6-8H,2-5H2,1H3/t6-,7+,8+,10-/m0/s1. The lowest BCUT2D eigenvalue weighted by Crippen LogP contribution is -2.29. The zero-order valence-electron chi connectivity index (χ0n) is 8.19. The summed E-state index contributed by atoms with van der Waals surface area (Å²) in [6.45, 7) is 2.05. The molecule has 4 heteroatoms. The van der Waals surface area contributed by atoms with Crippen molar-refractivity contribution in [3.8, 4) is 0 Å². The van der Waals surface area contributed by atoms with Crippen molar-refractivity contribution in [3.63, 3.8) is 0 Å². The van der Waals surface area contributed by atoms with Gasteiger partial charge in [0.1, 0.15) is 12.2 Å². The first kappa shape index (κ1) is 8.68. The SMILES string of the molecule is C[C@H]1CC[C@]2(C[C@H]3OC(=O)C[C@H]3O2)O1. The fraction of sp³-hybridized carbons (Fsp3) is 0.900. The van der Waals surface area contributed by atoms with E-state index in [0.717, 1.165) is 12.8 Å². The quantitative estimate of drug-likeness (QED) is 0.544. The van der Waals surface area contributed by atoms with Gasteiger partial charge in [0.2, 0.25) is 0 Å². The highest BCUT2D eigenvalue weighted by Crippen LogP contribution is 2.45. The first-order valence-corrected chi connectivity index (χ1v) is 5.22. The van der Waals surface area contributed by atoms with Gasteiger partial charge in [-0.3, -0.25) is 4.79 Å². The Morgan fingerprint density at radius 3 is 2.86 bits per heavy atom. The number of carbonyl (C=O) groups excluding carboxylic acids is 1. The Bertz CT molecular complexity index is 259. The highest BCUT2D eigenvalue weighted by Gasteiger charge is 2.55. The molecule has 0 amide bonds. The molecule has 0 saturated carbocycles. The Morgan fingerprint density at radius 2 is 2.21 bits per heavy atom. The van der Waals surface area contributed by atoms with Gasteiger partial charge >= 0.3 is 5.97 Å². The van der Waals surface area contributed by atoms with Gasteiger partial charge in [-0.05, 0) is 13.3 Å². The Balaban J connectivity index is 1.74. The van der Waals surface area contributed by atoms with E-state index in [-0.39, 0.29) is 24.3 Å².